The second kappa shape index (κ2) is 2.23. The van der Waals surface area contributed by atoms with Crippen LogP contribution in [0, 0.1) is 0 Å². The minimum atomic E-state index is -0.156. The Hall–Kier alpha value is -0.160. The van der Waals surface area contributed by atoms with Crippen LogP contribution < -0.4 is 17.1 Å². The van der Waals surface area contributed by atoms with Gasteiger partial charge in [0.05, 0.1) is 0 Å². The topological polar surface area (TPSA) is 64.1 Å². The van der Waals surface area contributed by atoms with E-state index in [1.807, 2.05) is 6.92 Å². The largest absolute Gasteiger partial charge is 0.142 e. The summed E-state index contributed by atoms with van der Waals surface area (Å²) in [5, 5.41) is 0. The molecule has 0 fully saturated rings. The molecule has 0 amide bonds. The smallest absolute Gasteiger partial charge is 0.124 e. The molecule has 0 atom stereocenters. The first-order chi connectivity index (χ1) is 3.06. The molecule has 0 spiro atoms. The fourth-order valence-corrected chi connectivity index (χ4v) is 0.341. The summed E-state index contributed by atoms with van der Waals surface area (Å²) in [5.41, 5.74) is 2.78. The van der Waals surface area contributed by atoms with Gasteiger partial charge in [-0.05, 0) is 6.92 Å². The Kier molecular flexibility index (Phi) is 2.17. The first-order valence-electron chi connectivity index (χ1n) is 2.25. The number of quaternary nitrogens is 1. The molecule has 0 aliphatic heterocycles. The average molecular weight is 105 g/mol. The van der Waals surface area contributed by atoms with E-state index in [0.717, 1.165) is 6.54 Å². The number of nitrogens with zero attached hydrogens (tertiary/aromatic N) is 1. The summed E-state index contributed by atoms with van der Waals surface area (Å²) in [6.45, 7) is 2.72. The van der Waals surface area contributed by atoms with E-state index >= 15 is 0 Å². The van der Waals surface area contributed by atoms with E-state index in [0.29, 0.717) is 0 Å². The minimum Gasteiger partial charge on any atom is -0.142 e. The van der Waals surface area contributed by atoms with Gasteiger partial charge in [-0.15, -0.1) is 21.9 Å². The lowest BCUT2D eigenvalue weighted by Gasteiger charge is -2.19. The highest BCUT2D eigenvalue weighted by Gasteiger charge is 2.02. The second-order valence-corrected chi connectivity index (χ2v) is 1.66. The number of rotatable bonds is 2. The van der Waals surface area contributed by atoms with Crippen LogP contribution in [-0.2, 0) is 0 Å². The van der Waals surface area contributed by atoms with Gasteiger partial charge in [0.2, 0.25) is 0 Å². The van der Waals surface area contributed by atoms with Crippen molar-refractivity contribution in [2.75, 3.05) is 13.6 Å². The molecule has 0 radical (unpaired) electrons. The van der Waals surface area contributed by atoms with Crippen molar-refractivity contribution in [3.63, 3.8) is 0 Å². The van der Waals surface area contributed by atoms with Crippen LogP contribution in [0.2, 0.25) is 0 Å². The second-order valence-electron chi connectivity index (χ2n) is 1.66. The maximum Gasteiger partial charge on any atom is 0.124 e. The summed E-state index contributed by atoms with van der Waals surface area (Å²) in [7, 11) is 1.66. The van der Waals surface area contributed by atoms with Crippen LogP contribution in [0.25, 0.3) is 0 Å². The van der Waals surface area contributed by atoms with E-state index in [1.54, 1.807) is 7.05 Å². The van der Waals surface area contributed by atoms with Gasteiger partial charge < -0.3 is 0 Å². The molecule has 0 bridgehead atoms. The van der Waals surface area contributed by atoms with E-state index in [9.17, 15) is 0 Å². The van der Waals surface area contributed by atoms with E-state index in [4.69, 9.17) is 11.7 Å². The number of hydrogen-bond acceptors (Lipinski definition) is 3. The van der Waals surface area contributed by atoms with Gasteiger partial charge in [-0.2, -0.15) is 0 Å². The highest BCUT2D eigenvalue weighted by Crippen LogP contribution is 1.64. The molecule has 0 saturated heterocycles. The number of nitrogens with two attached hydrogens (primary N) is 2. The van der Waals surface area contributed by atoms with Crippen LogP contribution in [0.15, 0.2) is 0 Å². The molecule has 0 unspecified atom stereocenters. The van der Waals surface area contributed by atoms with Gasteiger partial charge in [0.25, 0.3) is 0 Å². The van der Waals surface area contributed by atoms with Crippen LogP contribution in [0.1, 0.15) is 6.92 Å². The van der Waals surface area contributed by atoms with Crippen molar-refractivity contribution in [2.24, 2.45) is 11.7 Å². The molecule has 0 aromatic carbocycles. The van der Waals surface area contributed by atoms with Crippen molar-refractivity contribution in [3.8, 4) is 0 Å². The third kappa shape index (κ3) is 5.84. The molecule has 44 valence electrons. The van der Waals surface area contributed by atoms with Gasteiger partial charge in [0, 0.05) is 6.54 Å². The Morgan fingerprint density at radius 3 is 2.00 bits per heavy atom. The zero-order valence-corrected chi connectivity index (χ0v) is 4.81. The van der Waals surface area contributed by atoms with Crippen molar-refractivity contribution >= 4 is 0 Å². The Morgan fingerprint density at radius 1 is 1.57 bits per heavy atom. The van der Waals surface area contributed by atoms with Crippen LogP contribution in [0.4, 0.5) is 0 Å². The maximum atomic E-state index is 5.25. The fraction of sp³-hybridized carbons (Fsp3) is 1.00. The third-order valence-electron chi connectivity index (χ3n) is 0.499. The number of nitrogens with one attached hydrogen (secondary N) is 1. The van der Waals surface area contributed by atoms with Crippen molar-refractivity contribution < 1.29 is 4.81 Å². The highest BCUT2D eigenvalue weighted by atomic mass is 15.9. The molecular formula is C3H13N4+. The van der Waals surface area contributed by atoms with Gasteiger partial charge >= 0.3 is 0 Å². The molecule has 0 aromatic heterocycles. The SMILES string of the molecule is CCN[N+](C)(N)N. The van der Waals surface area contributed by atoms with Gasteiger partial charge in [-0.1, -0.05) is 0 Å². The molecule has 4 heteroatoms. The van der Waals surface area contributed by atoms with E-state index in [-0.39, 0.29) is 4.81 Å². The summed E-state index contributed by atoms with van der Waals surface area (Å²) in [5.74, 6) is 10.5. The number of hydrogen-bond donors (Lipinski definition) is 3. The van der Waals surface area contributed by atoms with Gasteiger partial charge in [-0.3, -0.25) is 0 Å². The molecule has 0 saturated carbocycles. The molecule has 0 aliphatic carbocycles. The zero-order chi connectivity index (χ0) is 5.91. The summed E-state index contributed by atoms with van der Waals surface area (Å²) in [6, 6.07) is 0. The van der Waals surface area contributed by atoms with Crippen molar-refractivity contribution in [3.05, 3.63) is 0 Å². The standard InChI is InChI=1S/C3H13N4/c1-3-6-7(2,4)5/h6H,3-5H2,1-2H3/q+1. The van der Waals surface area contributed by atoms with E-state index in [1.165, 1.54) is 0 Å². The Labute approximate surface area is 43.6 Å². The van der Waals surface area contributed by atoms with Gasteiger partial charge in [-0.25, -0.2) is 0 Å². The third-order valence-corrected chi connectivity index (χ3v) is 0.499. The Morgan fingerprint density at radius 2 is 2.00 bits per heavy atom. The van der Waals surface area contributed by atoms with Crippen LogP contribution >= 0.6 is 0 Å². The Bertz CT molecular complexity index is 45.4. The Balaban J connectivity index is 3.15. The van der Waals surface area contributed by atoms with Gasteiger partial charge in [0.15, 0.2) is 0 Å². The summed E-state index contributed by atoms with van der Waals surface area (Å²) in [6.07, 6.45) is 0. The van der Waals surface area contributed by atoms with Gasteiger partial charge in [0.1, 0.15) is 7.05 Å². The lowest BCUT2D eigenvalue weighted by molar-refractivity contribution is -0.975. The van der Waals surface area contributed by atoms with Crippen molar-refractivity contribution in [2.45, 2.75) is 6.92 Å². The first kappa shape index (κ1) is 6.84. The quantitative estimate of drug-likeness (QED) is 0.232. The van der Waals surface area contributed by atoms with Crippen LogP contribution in [-0.4, -0.2) is 18.4 Å². The maximum absolute atomic E-state index is 5.25. The highest BCUT2D eigenvalue weighted by molar-refractivity contribution is 4.09. The molecule has 4 nitrogen and oxygen atoms in total. The molecule has 5 N–H and O–H groups in total. The molecule has 0 rings (SSSR count). The summed E-state index contributed by atoms with van der Waals surface area (Å²) < 4.78 is 0. The van der Waals surface area contributed by atoms with Crippen LogP contribution in [0.5, 0.6) is 0 Å². The molecule has 7 heavy (non-hydrogen) atoms. The molecule has 0 aromatic rings. The fourth-order valence-electron chi connectivity index (χ4n) is 0.341. The van der Waals surface area contributed by atoms with Crippen molar-refractivity contribution in [1.29, 1.82) is 0 Å². The van der Waals surface area contributed by atoms with E-state index < -0.39 is 0 Å². The molecular weight excluding hydrogens is 92.1 g/mol. The summed E-state index contributed by atoms with van der Waals surface area (Å²) >= 11 is 0. The molecule has 0 aliphatic rings. The van der Waals surface area contributed by atoms with Crippen molar-refractivity contribution in [1.82, 2.24) is 5.43 Å². The first-order valence-corrected chi connectivity index (χ1v) is 2.25. The molecule has 0 heterocycles. The minimum absolute atomic E-state index is 0.156. The lowest BCUT2D eigenvalue weighted by Crippen LogP contribution is -2.65. The zero-order valence-electron chi connectivity index (χ0n) is 4.81. The average Bonchev–Trinajstić information content (AvgIpc) is 1.30. The predicted molar refractivity (Wildman–Crippen MR) is 28.2 cm³/mol. The normalized spacial score (nSPS) is 12.0. The lowest BCUT2D eigenvalue weighted by atomic mass is 10.8. The van der Waals surface area contributed by atoms with Crippen LogP contribution in [0.3, 0.4) is 0 Å². The van der Waals surface area contributed by atoms with E-state index in [2.05, 4.69) is 5.43 Å². The monoisotopic (exact) mass is 105 g/mol. The summed E-state index contributed by atoms with van der Waals surface area (Å²) in [4.78, 5) is -0.156. The predicted octanol–water partition coefficient (Wildman–Crippen LogP) is -1.30.